The second-order valence-corrected chi connectivity index (χ2v) is 6.59. The first-order valence-corrected chi connectivity index (χ1v) is 9.52. The SMILES string of the molecule is CCNC(=NCc1cccc(C(F)(F)F)c1)NCc1ccc(C(=O)NCC(N)=O)cc1.I. The van der Waals surface area contributed by atoms with E-state index in [9.17, 15) is 22.8 Å². The molecule has 2 amide bonds. The van der Waals surface area contributed by atoms with Gasteiger partial charge in [-0.25, -0.2) is 4.99 Å². The molecule has 0 unspecified atom stereocenters. The predicted octanol–water partition coefficient (Wildman–Crippen LogP) is 2.79. The van der Waals surface area contributed by atoms with Gasteiger partial charge in [0.1, 0.15) is 0 Å². The Labute approximate surface area is 201 Å². The number of nitrogens with two attached hydrogens (primary N) is 1. The zero-order valence-corrected chi connectivity index (χ0v) is 19.7. The first-order chi connectivity index (χ1) is 14.7. The Kier molecular flexibility index (Phi) is 11.0. The van der Waals surface area contributed by atoms with E-state index < -0.39 is 23.6 Å². The van der Waals surface area contributed by atoms with Crippen LogP contribution in [-0.2, 0) is 24.1 Å². The molecule has 0 spiro atoms. The van der Waals surface area contributed by atoms with Gasteiger partial charge in [0, 0.05) is 18.7 Å². The molecule has 2 aromatic carbocycles. The highest BCUT2D eigenvalue weighted by Gasteiger charge is 2.30. The number of carbonyl (C=O) groups excluding carboxylic acids is 2. The minimum atomic E-state index is -4.40. The average molecular weight is 563 g/mol. The van der Waals surface area contributed by atoms with Crippen LogP contribution in [0.2, 0.25) is 0 Å². The van der Waals surface area contributed by atoms with Gasteiger partial charge in [-0.2, -0.15) is 13.2 Å². The molecule has 2 rings (SSSR count). The molecule has 0 radical (unpaired) electrons. The molecule has 11 heteroatoms. The second kappa shape index (κ2) is 12.9. The fraction of sp³-hybridized carbons (Fsp3) is 0.286. The van der Waals surface area contributed by atoms with Crippen molar-refractivity contribution < 1.29 is 22.8 Å². The molecule has 32 heavy (non-hydrogen) atoms. The lowest BCUT2D eigenvalue weighted by molar-refractivity contribution is -0.137. The summed E-state index contributed by atoms with van der Waals surface area (Å²) in [7, 11) is 0. The fourth-order valence-corrected chi connectivity index (χ4v) is 2.59. The molecule has 0 aliphatic rings. The first kappa shape index (κ1) is 27.2. The number of amides is 2. The third-order valence-corrected chi connectivity index (χ3v) is 4.12. The molecule has 0 aliphatic heterocycles. The summed E-state index contributed by atoms with van der Waals surface area (Å²) in [5, 5.41) is 8.53. The molecule has 0 heterocycles. The predicted molar refractivity (Wildman–Crippen MR) is 126 cm³/mol. The summed E-state index contributed by atoms with van der Waals surface area (Å²) in [6, 6.07) is 11.7. The van der Waals surface area contributed by atoms with E-state index in [1.165, 1.54) is 6.07 Å². The van der Waals surface area contributed by atoms with Gasteiger partial charge in [0.15, 0.2) is 5.96 Å². The molecule has 5 N–H and O–H groups in total. The minimum absolute atomic E-state index is 0. The lowest BCUT2D eigenvalue weighted by Crippen LogP contribution is -2.36. The average Bonchev–Trinajstić information content (AvgIpc) is 2.74. The third-order valence-electron chi connectivity index (χ3n) is 4.12. The van der Waals surface area contributed by atoms with Crippen LogP contribution in [-0.4, -0.2) is 30.9 Å². The zero-order valence-electron chi connectivity index (χ0n) is 17.3. The van der Waals surface area contributed by atoms with Gasteiger partial charge in [-0.15, -0.1) is 24.0 Å². The first-order valence-electron chi connectivity index (χ1n) is 9.52. The van der Waals surface area contributed by atoms with Crippen molar-refractivity contribution >= 4 is 41.8 Å². The smallest absolute Gasteiger partial charge is 0.368 e. The Bertz CT molecular complexity index is 934. The number of hydrogen-bond acceptors (Lipinski definition) is 3. The highest BCUT2D eigenvalue weighted by Crippen LogP contribution is 2.29. The van der Waals surface area contributed by atoms with Crippen molar-refractivity contribution in [2.75, 3.05) is 13.1 Å². The number of guanidine groups is 1. The van der Waals surface area contributed by atoms with Crippen LogP contribution < -0.4 is 21.7 Å². The van der Waals surface area contributed by atoms with E-state index in [4.69, 9.17) is 5.73 Å². The summed E-state index contributed by atoms with van der Waals surface area (Å²) < 4.78 is 38.5. The van der Waals surface area contributed by atoms with E-state index in [-0.39, 0.29) is 37.1 Å². The monoisotopic (exact) mass is 563 g/mol. The topological polar surface area (TPSA) is 109 Å². The van der Waals surface area contributed by atoms with Crippen molar-refractivity contribution in [3.05, 3.63) is 70.8 Å². The lowest BCUT2D eigenvalue weighted by Gasteiger charge is -2.12. The number of carbonyl (C=O) groups is 2. The van der Waals surface area contributed by atoms with Gasteiger partial charge >= 0.3 is 6.18 Å². The molecule has 174 valence electrons. The summed E-state index contributed by atoms with van der Waals surface area (Å²) in [4.78, 5) is 26.9. The van der Waals surface area contributed by atoms with Crippen molar-refractivity contribution in [3.8, 4) is 0 Å². The largest absolute Gasteiger partial charge is 0.416 e. The molecule has 0 aliphatic carbocycles. The second-order valence-electron chi connectivity index (χ2n) is 6.59. The summed E-state index contributed by atoms with van der Waals surface area (Å²) >= 11 is 0. The third kappa shape index (κ3) is 9.12. The Morgan fingerprint density at radius 3 is 2.28 bits per heavy atom. The van der Waals surface area contributed by atoms with E-state index in [2.05, 4.69) is 20.9 Å². The summed E-state index contributed by atoms with van der Waals surface area (Å²) in [5.41, 5.74) is 5.97. The summed E-state index contributed by atoms with van der Waals surface area (Å²) in [6.45, 7) is 2.68. The zero-order chi connectivity index (χ0) is 22.9. The van der Waals surface area contributed by atoms with E-state index in [0.29, 0.717) is 30.2 Å². The maximum Gasteiger partial charge on any atom is 0.416 e. The Balaban J connectivity index is 0.00000512. The molecule has 0 saturated carbocycles. The molecule has 0 aromatic heterocycles. The fourth-order valence-electron chi connectivity index (χ4n) is 2.59. The molecular formula is C21H25F3IN5O2. The number of primary amides is 1. The van der Waals surface area contributed by atoms with Crippen molar-refractivity contribution in [2.24, 2.45) is 10.7 Å². The number of hydrogen-bond donors (Lipinski definition) is 4. The number of nitrogens with one attached hydrogen (secondary N) is 3. The summed E-state index contributed by atoms with van der Waals surface area (Å²) in [5.74, 6) is -0.591. The van der Waals surface area contributed by atoms with Crippen molar-refractivity contribution in [1.82, 2.24) is 16.0 Å². The number of rotatable bonds is 8. The molecule has 0 saturated heterocycles. The standard InChI is InChI=1S/C21H24F3N5O2.HI/c1-2-26-20(29-12-15-4-3-5-17(10-15)21(22,23)24)28-11-14-6-8-16(9-7-14)19(31)27-13-18(25)30;/h3-10H,2,11-13H2,1H3,(H2,25,30)(H,27,31)(H2,26,28,29);1H. The van der Waals surface area contributed by atoms with Gasteiger partial charge < -0.3 is 21.7 Å². The Hall–Kier alpha value is -2.83. The number of benzene rings is 2. The van der Waals surface area contributed by atoms with E-state index in [1.807, 2.05) is 6.92 Å². The number of nitrogens with zero attached hydrogens (tertiary/aromatic N) is 1. The van der Waals surface area contributed by atoms with Crippen LogP contribution in [0.4, 0.5) is 13.2 Å². The van der Waals surface area contributed by atoms with Crippen LogP contribution in [0.3, 0.4) is 0 Å². The number of halogens is 4. The maximum atomic E-state index is 12.8. The van der Waals surface area contributed by atoms with Crippen molar-refractivity contribution in [2.45, 2.75) is 26.2 Å². The van der Waals surface area contributed by atoms with Gasteiger partial charge in [0.25, 0.3) is 5.91 Å². The molecule has 0 atom stereocenters. The Morgan fingerprint density at radius 1 is 1.00 bits per heavy atom. The molecule has 0 fully saturated rings. The number of aliphatic imine (C=N–C) groups is 1. The van der Waals surface area contributed by atoms with E-state index >= 15 is 0 Å². The Morgan fingerprint density at radius 2 is 1.69 bits per heavy atom. The lowest BCUT2D eigenvalue weighted by atomic mass is 10.1. The van der Waals surface area contributed by atoms with Crippen LogP contribution >= 0.6 is 24.0 Å². The normalized spacial score (nSPS) is 11.3. The van der Waals surface area contributed by atoms with Crippen LogP contribution in [0.5, 0.6) is 0 Å². The van der Waals surface area contributed by atoms with Crippen LogP contribution in [0, 0.1) is 0 Å². The van der Waals surface area contributed by atoms with Gasteiger partial charge in [-0.05, 0) is 42.3 Å². The summed E-state index contributed by atoms with van der Waals surface area (Å²) in [6.07, 6.45) is -4.40. The highest BCUT2D eigenvalue weighted by molar-refractivity contribution is 14.0. The molecule has 2 aromatic rings. The van der Waals surface area contributed by atoms with Gasteiger partial charge in [0.05, 0.1) is 18.7 Å². The quantitative estimate of drug-likeness (QED) is 0.225. The van der Waals surface area contributed by atoms with E-state index in [1.54, 1.807) is 30.3 Å². The van der Waals surface area contributed by atoms with Crippen LogP contribution in [0.25, 0.3) is 0 Å². The van der Waals surface area contributed by atoms with Crippen molar-refractivity contribution in [1.29, 1.82) is 0 Å². The molecular weight excluding hydrogens is 538 g/mol. The number of alkyl halides is 3. The minimum Gasteiger partial charge on any atom is -0.368 e. The van der Waals surface area contributed by atoms with Crippen LogP contribution in [0.15, 0.2) is 53.5 Å². The highest BCUT2D eigenvalue weighted by atomic mass is 127. The molecule has 0 bridgehead atoms. The van der Waals surface area contributed by atoms with Gasteiger partial charge in [-0.1, -0.05) is 24.3 Å². The van der Waals surface area contributed by atoms with Crippen LogP contribution in [0.1, 0.15) is 34.0 Å². The van der Waals surface area contributed by atoms with Gasteiger partial charge in [-0.3, -0.25) is 9.59 Å². The van der Waals surface area contributed by atoms with E-state index in [0.717, 1.165) is 17.7 Å². The van der Waals surface area contributed by atoms with Gasteiger partial charge in [0.2, 0.25) is 5.91 Å². The maximum absolute atomic E-state index is 12.8. The van der Waals surface area contributed by atoms with Crippen molar-refractivity contribution in [3.63, 3.8) is 0 Å². The molecule has 7 nitrogen and oxygen atoms in total.